The lowest BCUT2D eigenvalue weighted by molar-refractivity contribution is 0.404. The number of phenolic OH excluding ortho intramolecular Hbond substituents is 2. The maximum Gasteiger partial charge on any atom is 0.217 e. The van der Waals surface area contributed by atoms with E-state index in [0.29, 0.717) is 15.5 Å². The molecule has 0 aliphatic rings. The van der Waals surface area contributed by atoms with E-state index in [0.717, 1.165) is 11.3 Å². The van der Waals surface area contributed by atoms with Crippen molar-refractivity contribution in [1.29, 1.82) is 0 Å². The van der Waals surface area contributed by atoms with Crippen LogP contribution in [-0.2, 0) is 5.75 Å². The molecule has 0 bridgehead atoms. The van der Waals surface area contributed by atoms with E-state index in [1.54, 1.807) is 0 Å². The Morgan fingerprint density at radius 1 is 1.28 bits per heavy atom. The van der Waals surface area contributed by atoms with Gasteiger partial charge in [0.25, 0.3) is 0 Å². The number of nitrogens with one attached hydrogen (secondary N) is 1. The molecule has 128 valence electrons. The number of hydrogen-bond acceptors (Lipinski definition) is 6. The molecule has 3 rings (SSSR count). The normalized spacial score (nSPS) is 11.2. The van der Waals surface area contributed by atoms with Crippen LogP contribution in [-0.4, -0.2) is 31.3 Å². The maximum atomic E-state index is 9.61. The Kier molecular flexibility index (Phi) is 5.42. The van der Waals surface area contributed by atoms with Gasteiger partial charge in [0.05, 0.1) is 11.2 Å². The molecule has 0 atom stereocenters. The first kappa shape index (κ1) is 17.5. The van der Waals surface area contributed by atoms with E-state index in [4.69, 9.17) is 23.8 Å². The van der Waals surface area contributed by atoms with Crippen molar-refractivity contribution in [2.75, 3.05) is 0 Å². The molecular weight excluding hydrogens is 380 g/mol. The van der Waals surface area contributed by atoms with Crippen LogP contribution in [0.25, 0.3) is 0 Å². The first-order valence-corrected chi connectivity index (χ1v) is 8.92. The Hall–Kier alpha value is -2.29. The van der Waals surface area contributed by atoms with E-state index in [9.17, 15) is 10.2 Å². The number of benzene rings is 2. The zero-order valence-corrected chi connectivity index (χ0v) is 15.1. The van der Waals surface area contributed by atoms with Crippen LogP contribution in [0.1, 0.15) is 11.1 Å². The van der Waals surface area contributed by atoms with Crippen LogP contribution >= 0.6 is 35.6 Å². The van der Waals surface area contributed by atoms with Gasteiger partial charge < -0.3 is 10.2 Å². The molecule has 6 nitrogen and oxygen atoms in total. The lowest BCUT2D eigenvalue weighted by Crippen LogP contribution is -1.94. The number of rotatable bonds is 5. The third-order valence-electron chi connectivity index (χ3n) is 3.22. The molecule has 0 spiro atoms. The molecule has 1 aromatic heterocycles. The van der Waals surface area contributed by atoms with E-state index < -0.39 is 0 Å². The molecule has 0 amide bonds. The topological polar surface area (TPSA) is 86.4 Å². The summed E-state index contributed by atoms with van der Waals surface area (Å²) >= 11 is 12.5. The van der Waals surface area contributed by atoms with Crippen molar-refractivity contribution in [1.82, 2.24) is 14.9 Å². The zero-order chi connectivity index (χ0) is 17.8. The predicted molar refractivity (Wildman–Crippen MR) is 101 cm³/mol. The zero-order valence-electron chi connectivity index (χ0n) is 12.8. The van der Waals surface area contributed by atoms with Crippen molar-refractivity contribution in [2.45, 2.75) is 10.9 Å². The lowest BCUT2D eigenvalue weighted by atomic mass is 10.2. The largest absolute Gasteiger partial charge is 0.504 e. The van der Waals surface area contributed by atoms with Gasteiger partial charge in [-0.2, -0.15) is 9.78 Å². The molecule has 3 N–H and O–H groups in total. The number of aromatic nitrogens is 3. The summed E-state index contributed by atoms with van der Waals surface area (Å²) < 4.78 is 1.83. The molecular formula is C16H13ClN4O2S2. The molecule has 0 saturated heterocycles. The smallest absolute Gasteiger partial charge is 0.217 e. The average molecular weight is 393 g/mol. The fourth-order valence-corrected chi connectivity index (χ4v) is 3.32. The number of thioether (sulfide) groups is 1. The van der Waals surface area contributed by atoms with Gasteiger partial charge in [0.1, 0.15) is 0 Å². The number of nitrogens with zero attached hydrogens (tertiary/aromatic N) is 3. The predicted octanol–water partition coefficient (Wildman–Crippen LogP) is 4.18. The van der Waals surface area contributed by atoms with E-state index in [-0.39, 0.29) is 16.5 Å². The minimum atomic E-state index is -0.363. The van der Waals surface area contributed by atoms with Gasteiger partial charge in [-0.15, -0.1) is 5.10 Å². The summed E-state index contributed by atoms with van der Waals surface area (Å²) in [5.74, 6) is 0.0446. The van der Waals surface area contributed by atoms with Gasteiger partial charge in [-0.3, -0.25) is 0 Å². The van der Waals surface area contributed by atoms with Crippen LogP contribution in [0.3, 0.4) is 0 Å². The SMILES string of the molecule is Oc1cc(/C=N/n2c(SCc3ccccc3)n[nH]c2=S)cc(Cl)c1O. The highest BCUT2D eigenvalue weighted by Gasteiger charge is 2.08. The first-order valence-electron chi connectivity index (χ1n) is 7.14. The van der Waals surface area contributed by atoms with E-state index >= 15 is 0 Å². The highest BCUT2D eigenvalue weighted by Crippen LogP contribution is 2.33. The molecule has 0 fully saturated rings. The second-order valence-electron chi connectivity index (χ2n) is 5.01. The molecule has 0 unspecified atom stereocenters. The van der Waals surface area contributed by atoms with Crippen LogP contribution < -0.4 is 0 Å². The Morgan fingerprint density at radius 2 is 2.04 bits per heavy atom. The van der Waals surface area contributed by atoms with Crippen molar-refractivity contribution < 1.29 is 10.2 Å². The third kappa shape index (κ3) is 4.22. The molecule has 0 saturated carbocycles. The Balaban J connectivity index is 1.81. The van der Waals surface area contributed by atoms with Gasteiger partial charge in [-0.1, -0.05) is 53.7 Å². The van der Waals surface area contributed by atoms with Crippen molar-refractivity contribution in [2.24, 2.45) is 5.10 Å². The van der Waals surface area contributed by atoms with Crippen molar-refractivity contribution in [3.05, 3.63) is 63.4 Å². The van der Waals surface area contributed by atoms with E-state index in [1.165, 1.54) is 34.8 Å². The highest BCUT2D eigenvalue weighted by atomic mass is 35.5. The molecule has 0 radical (unpaired) electrons. The average Bonchev–Trinajstić information content (AvgIpc) is 2.96. The van der Waals surface area contributed by atoms with Gasteiger partial charge in [-0.05, 0) is 35.5 Å². The maximum absolute atomic E-state index is 9.61. The number of halogens is 1. The summed E-state index contributed by atoms with van der Waals surface area (Å²) in [6.07, 6.45) is 1.48. The number of phenols is 2. The molecule has 9 heteroatoms. The van der Waals surface area contributed by atoms with E-state index in [2.05, 4.69) is 15.3 Å². The quantitative estimate of drug-likeness (QED) is 0.262. The Bertz CT molecular complexity index is 947. The second kappa shape index (κ2) is 7.73. The minimum absolute atomic E-state index is 0.0379. The fourth-order valence-electron chi connectivity index (χ4n) is 2.00. The molecule has 25 heavy (non-hydrogen) atoms. The van der Waals surface area contributed by atoms with Crippen LogP contribution in [0.15, 0.2) is 52.7 Å². The number of aromatic hydroxyl groups is 2. The summed E-state index contributed by atoms with van der Waals surface area (Å²) in [6, 6.07) is 12.8. The number of hydrogen-bond donors (Lipinski definition) is 3. The first-order chi connectivity index (χ1) is 12.0. The highest BCUT2D eigenvalue weighted by molar-refractivity contribution is 7.98. The van der Waals surface area contributed by atoms with Crippen molar-refractivity contribution in [3.63, 3.8) is 0 Å². The van der Waals surface area contributed by atoms with Crippen LogP contribution in [0.4, 0.5) is 0 Å². The standard InChI is InChI=1S/C16H13ClN4O2S2/c17-12-6-11(7-13(22)14(12)23)8-18-21-15(24)19-20-16(21)25-9-10-4-2-1-3-5-10/h1-8,22-23H,9H2,(H,19,24)/b18-8+. The molecule has 2 aromatic carbocycles. The van der Waals surface area contributed by atoms with Crippen molar-refractivity contribution >= 4 is 41.8 Å². The minimum Gasteiger partial charge on any atom is -0.504 e. The van der Waals surface area contributed by atoms with Crippen LogP contribution in [0.5, 0.6) is 11.5 Å². The van der Waals surface area contributed by atoms with Gasteiger partial charge >= 0.3 is 0 Å². The third-order valence-corrected chi connectivity index (χ3v) is 4.77. The number of aromatic amines is 1. The lowest BCUT2D eigenvalue weighted by Gasteiger charge is -2.03. The van der Waals surface area contributed by atoms with Crippen molar-refractivity contribution in [3.8, 4) is 11.5 Å². The summed E-state index contributed by atoms with van der Waals surface area (Å²) in [7, 11) is 0. The molecule has 3 aromatic rings. The van der Waals surface area contributed by atoms with Gasteiger partial charge in [0, 0.05) is 5.75 Å². The summed E-state index contributed by atoms with van der Waals surface area (Å²) in [6.45, 7) is 0. The molecule has 0 aliphatic carbocycles. The van der Waals surface area contributed by atoms with Gasteiger partial charge in [0.15, 0.2) is 11.5 Å². The monoisotopic (exact) mass is 392 g/mol. The summed E-state index contributed by atoms with van der Waals surface area (Å²) in [5.41, 5.74) is 1.68. The van der Waals surface area contributed by atoms with Crippen LogP contribution in [0, 0.1) is 4.77 Å². The van der Waals surface area contributed by atoms with Gasteiger partial charge in [-0.25, -0.2) is 5.10 Å². The number of H-pyrrole nitrogens is 1. The Labute approximate surface area is 157 Å². The summed E-state index contributed by atoms with van der Waals surface area (Å²) in [5, 5.41) is 30.9. The van der Waals surface area contributed by atoms with E-state index in [1.807, 2.05) is 30.3 Å². The Morgan fingerprint density at radius 3 is 2.76 bits per heavy atom. The summed E-state index contributed by atoms with van der Waals surface area (Å²) in [4.78, 5) is 0. The molecule has 1 heterocycles. The molecule has 0 aliphatic heterocycles. The van der Waals surface area contributed by atoms with Crippen LogP contribution in [0.2, 0.25) is 5.02 Å². The van der Waals surface area contributed by atoms with Gasteiger partial charge in [0.2, 0.25) is 9.93 Å². The fraction of sp³-hybridized carbons (Fsp3) is 0.0625. The second-order valence-corrected chi connectivity index (χ2v) is 6.75.